The van der Waals surface area contributed by atoms with E-state index >= 15 is 0 Å². The molecule has 1 atom stereocenters. The highest BCUT2D eigenvalue weighted by Crippen LogP contribution is 2.26. The Balaban J connectivity index is 2.73. The van der Waals surface area contributed by atoms with Gasteiger partial charge in [-0.25, -0.2) is 5.43 Å². The van der Waals surface area contributed by atoms with Crippen molar-refractivity contribution in [2.24, 2.45) is 5.84 Å². The highest BCUT2D eigenvalue weighted by atomic mass is 19.4. The van der Waals surface area contributed by atoms with Crippen LogP contribution in [-0.2, 0) is 0 Å². The second kappa shape index (κ2) is 4.38. The molecule has 1 aliphatic heterocycles. The second-order valence-corrected chi connectivity index (χ2v) is 3.61. The molecule has 88 valence electrons. The number of alkyl halides is 3. The predicted octanol–water partition coefficient (Wildman–Crippen LogP) is 0.0992. The van der Waals surface area contributed by atoms with Gasteiger partial charge in [-0.05, 0) is 7.05 Å². The normalized spacial score (nSPS) is 21.9. The molecular weight excluding hydrogens is 209 g/mol. The van der Waals surface area contributed by atoms with E-state index in [-0.39, 0.29) is 6.54 Å². The standard InChI is InChI=1S/C8H15F3N4/c1-6-5-14(2)3-4-15(6)7(13-12)8(9,10)11/h7,13H,1,3-5,12H2,2H3/t7-/m1/s1. The minimum atomic E-state index is -4.40. The van der Waals surface area contributed by atoms with Crippen LogP contribution < -0.4 is 11.3 Å². The van der Waals surface area contributed by atoms with Crippen molar-refractivity contribution in [3.8, 4) is 0 Å². The van der Waals surface area contributed by atoms with Gasteiger partial charge in [0.2, 0.25) is 0 Å². The van der Waals surface area contributed by atoms with Gasteiger partial charge in [0.15, 0.2) is 6.17 Å². The Morgan fingerprint density at radius 1 is 1.47 bits per heavy atom. The Hall–Kier alpha value is -0.790. The summed E-state index contributed by atoms with van der Waals surface area (Å²) >= 11 is 0. The summed E-state index contributed by atoms with van der Waals surface area (Å²) in [4.78, 5) is 3.06. The Morgan fingerprint density at radius 2 is 2.07 bits per heavy atom. The lowest BCUT2D eigenvalue weighted by Crippen LogP contribution is -2.60. The highest BCUT2D eigenvalue weighted by molar-refractivity contribution is 5.03. The number of hydrogen-bond acceptors (Lipinski definition) is 4. The van der Waals surface area contributed by atoms with Gasteiger partial charge in [-0.2, -0.15) is 13.2 Å². The third-order valence-corrected chi connectivity index (χ3v) is 2.36. The molecule has 7 heteroatoms. The quantitative estimate of drug-likeness (QED) is 0.516. The largest absolute Gasteiger partial charge is 0.423 e. The molecule has 1 aliphatic rings. The zero-order valence-electron chi connectivity index (χ0n) is 8.51. The number of nitrogens with zero attached hydrogens (tertiary/aromatic N) is 2. The van der Waals surface area contributed by atoms with Crippen LogP contribution in [-0.4, -0.2) is 48.8 Å². The van der Waals surface area contributed by atoms with Crippen molar-refractivity contribution in [1.82, 2.24) is 15.2 Å². The molecule has 0 aliphatic carbocycles. The molecule has 1 heterocycles. The van der Waals surface area contributed by atoms with Crippen LogP contribution >= 0.6 is 0 Å². The van der Waals surface area contributed by atoms with E-state index in [9.17, 15) is 13.2 Å². The third-order valence-electron chi connectivity index (χ3n) is 2.36. The average molecular weight is 224 g/mol. The van der Waals surface area contributed by atoms with Crippen molar-refractivity contribution < 1.29 is 13.2 Å². The number of nitrogens with one attached hydrogen (secondary N) is 1. The first-order valence-electron chi connectivity index (χ1n) is 4.52. The fourth-order valence-electron chi connectivity index (χ4n) is 1.59. The second-order valence-electron chi connectivity index (χ2n) is 3.61. The van der Waals surface area contributed by atoms with Crippen LogP contribution in [0.5, 0.6) is 0 Å². The van der Waals surface area contributed by atoms with Crippen LogP contribution in [0.2, 0.25) is 0 Å². The Labute approximate surface area is 86.5 Å². The summed E-state index contributed by atoms with van der Waals surface area (Å²) in [6.45, 7) is 4.87. The molecule has 0 saturated carbocycles. The van der Waals surface area contributed by atoms with Gasteiger partial charge in [-0.1, -0.05) is 6.58 Å². The van der Waals surface area contributed by atoms with Crippen molar-refractivity contribution in [2.45, 2.75) is 12.3 Å². The van der Waals surface area contributed by atoms with Crippen molar-refractivity contribution in [2.75, 3.05) is 26.7 Å². The number of likely N-dealkylation sites (N-methyl/N-ethyl adjacent to an activating group) is 1. The van der Waals surface area contributed by atoms with Gasteiger partial charge in [-0.15, -0.1) is 0 Å². The van der Waals surface area contributed by atoms with Crippen LogP contribution in [0.3, 0.4) is 0 Å². The molecule has 0 aromatic heterocycles. The van der Waals surface area contributed by atoms with E-state index in [1.807, 2.05) is 11.9 Å². The predicted molar refractivity (Wildman–Crippen MR) is 50.5 cm³/mol. The van der Waals surface area contributed by atoms with Crippen molar-refractivity contribution in [1.29, 1.82) is 0 Å². The van der Waals surface area contributed by atoms with E-state index in [0.29, 0.717) is 18.8 Å². The Kier molecular flexibility index (Phi) is 3.58. The average Bonchev–Trinajstić information content (AvgIpc) is 2.07. The molecule has 4 nitrogen and oxygen atoms in total. The minimum Gasteiger partial charge on any atom is -0.349 e. The molecule has 1 fully saturated rings. The summed E-state index contributed by atoms with van der Waals surface area (Å²) < 4.78 is 37.6. The molecule has 3 N–H and O–H groups in total. The first-order valence-corrected chi connectivity index (χ1v) is 4.52. The van der Waals surface area contributed by atoms with E-state index in [1.54, 1.807) is 5.43 Å². The van der Waals surface area contributed by atoms with E-state index in [4.69, 9.17) is 5.84 Å². The summed E-state index contributed by atoms with van der Waals surface area (Å²) in [7, 11) is 1.83. The fraction of sp³-hybridized carbons (Fsp3) is 0.750. The third kappa shape index (κ3) is 2.83. The molecule has 1 rings (SSSR count). The van der Waals surface area contributed by atoms with Gasteiger partial charge >= 0.3 is 6.18 Å². The van der Waals surface area contributed by atoms with Crippen molar-refractivity contribution in [3.05, 3.63) is 12.3 Å². The van der Waals surface area contributed by atoms with E-state index in [2.05, 4.69) is 6.58 Å². The molecule has 0 aromatic rings. The SMILES string of the molecule is C=C1CN(C)CCN1[C@@H](NN)C(F)(F)F. The summed E-state index contributed by atoms with van der Waals surface area (Å²) in [6, 6.07) is 0. The van der Waals surface area contributed by atoms with Gasteiger partial charge in [0.1, 0.15) is 0 Å². The summed E-state index contributed by atoms with van der Waals surface area (Å²) in [5.74, 6) is 4.92. The molecule has 0 bridgehead atoms. The van der Waals surface area contributed by atoms with Gasteiger partial charge in [0.25, 0.3) is 0 Å². The van der Waals surface area contributed by atoms with Crippen LogP contribution in [0.4, 0.5) is 13.2 Å². The Morgan fingerprint density at radius 3 is 2.47 bits per heavy atom. The zero-order valence-corrected chi connectivity index (χ0v) is 8.51. The minimum absolute atomic E-state index is 0.268. The smallest absolute Gasteiger partial charge is 0.349 e. The lowest BCUT2D eigenvalue weighted by atomic mass is 10.2. The molecule has 0 aromatic carbocycles. The van der Waals surface area contributed by atoms with Crippen LogP contribution in [0, 0.1) is 0 Å². The van der Waals surface area contributed by atoms with E-state index in [0.717, 1.165) is 4.90 Å². The van der Waals surface area contributed by atoms with Crippen LogP contribution in [0.1, 0.15) is 0 Å². The fourth-order valence-corrected chi connectivity index (χ4v) is 1.59. The zero-order chi connectivity index (χ0) is 11.6. The highest BCUT2D eigenvalue weighted by Gasteiger charge is 2.44. The maximum atomic E-state index is 12.5. The van der Waals surface area contributed by atoms with Gasteiger partial charge in [-0.3, -0.25) is 10.7 Å². The van der Waals surface area contributed by atoms with Crippen molar-refractivity contribution >= 4 is 0 Å². The molecular formula is C8H15F3N4. The first kappa shape index (κ1) is 12.3. The van der Waals surface area contributed by atoms with Crippen LogP contribution in [0.25, 0.3) is 0 Å². The number of rotatable bonds is 2. The maximum absolute atomic E-state index is 12.5. The maximum Gasteiger partial charge on any atom is 0.423 e. The van der Waals surface area contributed by atoms with E-state index < -0.39 is 12.3 Å². The lowest BCUT2D eigenvalue weighted by molar-refractivity contribution is -0.190. The topological polar surface area (TPSA) is 44.5 Å². The Bertz CT molecular complexity index is 241. The monoisotopic (exact) mass is 224 g/mol. The van der Waals surface area contributed by atoms with Crippen molar-refractivity contribution in [3.63, 3.8) is 0 Å². The first-order chi connectivity index (χ1) is 6.86. The summed E-state index contributed by atoms with van der Waals surface area (Å²) in [5.41, 5.74) is 2.20. The molecule has 0 amide bonds. The lowest BCUT2D eigenvalue weighted by Gasteiger charge is -2.41. The summed E-state index contributed by atoms with van der Waals surface area (Å²) in [5, 5.41) is 0. The number of halogens is 3. The molecule has 0 radical (unpaired) electrons. The molecule has 0 spiro atoms. The number of piperazine rings is 1. The van der Waals surface area contributed by atoms with Crippen LogP contribution in [0.15, 0.2) is 12.3 Å². The van der Waals surface area contributed by atoms with Gasteiger partial charge in [0.05, 0.1) is 0 Å². The number of nitrogens with two attached hydrogens (primary N) is 1. The number of hydrogen-bond donors (Lipinski definition) is 2. The molecule has 0 unspecified atom stereocenters. The number of hydrazine groups is 1. The molecule has 1 saturated heterocycles. The van der Waals surface area contributed by atoms with Gasteiger partial charge < -0.3 is 4.90 Å². The van der Waals surface area contributed by atoms with Gasteiger partial charge in [0, 0.05) is 25.3 Å². The molecule has 15 heavy (non-hydrogen) atoms. The van der Waals surface area contributed by atoms with E-state index in [1.165, 1.54) is 0 Å². The summed E-state index contributed by atoms with van der Waals surface area (Å²) in [6.07, 6.45) is -6.24.